The maximum Gasteiger partial charge on any atom is 0.150 e. The molecule has 2 nitrogen and oxygen atoms in total. The van der Waals surface area contributed by atoms with E-state index in [1.807, 2.05) is 6.07 Å². The van der Waals surface area contributed by atoms with Gasteiger partial charge in [0.25, 0.3) is 0 Å². The molecule has 104 valence electrons. The molecule has 0 spiro atoms. The van der Waals surface area contributed by atoms with Crippen LogP contribution in [0.4, 0.5) is 0 Å². The second kappa shape index (κ2) is 7.11. The van der Waals surface area contributed by atoms with Crippen molar-refractivity contribution in [3.63, 3.8) is 0 Å². The molecular formula is C14H8BrCl2IO2. The first kappa shape index (κ1) is 16.1. The molecule has 0 atom stereocenters. The van der Waals surface area contributed by atoms with Gasteiger partial charge in [-0.25, -0.2) is 0 Å². The largest absolute Gasteiger partial charge is 0.487 e. The maximum atomic E-state index is 10.8. The molecule has 2 aromatic rings. The van der Waals surface area contributed by atoms with Crippen LogP contribution in [0.1, 0.15) is 15.9 Å². The molecule has 0 bridgehead atoms. The van der Waals surface area contributed by atoms with E-state index >= 15 is 0 Å². The topological polar surface area (TPSA) is 26.3 Å². The average molecular weight is 486 g/mol. The highest BCUT2D eigenvalue weighted by Crippen LogP contribution is 2.32. The Morgan fingerprint density at radius 1 is 1.20 bits per heavy atom. The van der Waals surface area contributed by atoms with Crippen LogP contribution >= 0.6 is 61.7 Å². The van der Waals surface area contributed by atoms with Crippen molar-refractivity contribution in [1.29, 1.82) is 0 Å². The van der Waals surface area contributed by atoms with Gasteiger partial charge in [-0.1, -0.05) is 29.3 Å². The molecule has 0 saturated carbocycles. The zero-order valence-corrected chi connectivity index (χ0v) is 15.3. The van der Waals surface area contributed by atoms with Crippen LogP contribution in [0.3, 0.4) is 0 Å². The van der Waals surface area contributed by atoms with Gasteiger partial charge in [-0.15, -0.1) is 0 Å². The van der Waals surface area contributed by atoms with E-state index in [1.165, 1.54) is 0 Å². The van der Waals surface area contributed by atoms with Gasteiger partial charge in [-0.05, 0) is 68.3 Å². The minimum atomic E-state index is 0.367. The molecule has 20 heavy (non-hydrogen) atoms. The van der Waals surface area contributed by atoms with Gasteiger partial charge in [0.15, 0.2) is 0 Å². The van der Waals surface area contributed by atoms with Gasteiger partial charge in [0, 0.05) is 5.56 Å². The molecule has 6 heteroatoms. The molecule has 2 aromatic carbocycles. The lowest BCUT2D eigenvalue weighted by Crippen LogP contribution is -1.99. The van der Waals surface area contributed by atoms with Gasteiger partial charge < -0.3 is 4.74 Å². The van der Waals surface area contributed by atoms with E-state index < -0.39 is 0 Å². The number of aldehydes is 1. The molecule has 2 rings (SSSR count). The van der Waals surface area contributed by atoms with Crippen LogP contribution in [0.25, 0.3) is 0 Å². The molecule has 0 unspecified atom stereocenters. The lowest BCUT2D eigenvalue weighted by atomic mass is 10.2. The minimum absolute atomic E-state index is 0.367. The summed E-state index contributed by atoms with van der Waals surface area (Å²) in [7, 11) is 0. The third-order valence-corrected chi connectivity index (χ3v) is 4.65. The van der Waals surface area contributed by atoms with Crippen LogP contribution in [0.15, 0.2) is 34.8 Å². The smallest absolute Gasteiger partial charge is 0.150 e. The Balaban J connectivity index is 2.18. The molecule has 0 saturated heterocycles. The molecule has 0 radical (unpaired) electrons. The first-order valence-electron chi connectivity index (χ1n) is 5.52. The zero-order valence-electron chi connectivity index (χ0n) is 10.00. The number of carbonyl (C=O) groups excluding carboxylic acids is 1. The van der Waals surface area contributed by atoms with Gasteiger partial charge in [0.1, 0.15) is 18.6 Å². The Morgan fingerprint density at radius 2 is 1.95 bits per heavy atom. The normalized spacial score (nSPS) is 10.4. The van der Waals surface area contributed by atoms with Gasteiger partial charge >= 0.3 is 0 Å². The third kappa shape index (κ3) is 3.87. The van der Waals surface area contributed by atoms with Crippen molar-refractivity contribution in [2.24, 2.45) is 0 Å². The van der Waals surface area contributed by atoms with Gasteiger partial charge in [-0.2, -0.15) is 0 Å². The Kier molecular flexibility index (Phi) is 5.72. The predicted molar refractivity (Wildman–Crippen MR) is 93.0 cm³/mol. The van der Waals surface area contributed by atoms with Gasteiger partial charge in [0.05, 0.1) is 18.1 Å². The van der Waals surface area contributed by atoms with E-state index in [0.29, 0.717) is 28.0 Å². The van der Waals surface area contributed by atoms with E-state index in [1.54, 1.807) is 24.3 Å². The standard InChI is InChI=1S/C14H8BrCl2IO2/c15-10-3-9(6-19)5-13(18)14(10)20-7-8-1-2-11(16)12(17)4-8/h1-6H,7H2. The second-order valence-electron chi connectivity index (χ2n) is 3.97. The van der Waals surface area contributed by atoms with E-state index in [-0.39, 0.29) is 0 Å². The molecule has 0 heterocycles. The first-order chi connectivity index (χ1) is 9.51. The number of rotatable bonds is 4. The molecule has 0 amide bonds. The summed E-state index contributed by atoms with van der Waals surface area (Å²) in [6.07, 6.45) is 0.801. The van der Waals surface area contributed by atoms with Gasteiger partial charge in [-0.3, -0.25) is 4.79 Å². The Labute approximate surface area is 148 Å². The Morgan fingerprint density at radius 3 is 2.55 bits per heavy atom. The number of benzene rings is 2. The molecule has 0 fully saturated rings. The van der Waals surface area contributed by atoms with E-state index in [2.05, 4.69) is 38.5 Å². The summed E-state index contributed by atoms with van der Waals surface area (Å²) >= 11 is 17.4. The zero-order chi connectivity index (χ0) is 14.7. The SMILES string of the molecule is O=Cc1cc(Br)c(OCc2ccc(Cl)c(Cl)c2)c(I)c1. The quantitative estimate of drug-likeness (QED) is 0.407. The Hall–Kier alpha value is -0.300. The molecule has 0 N–H and O–H groups in total. The van der Waals surface area contributed by atoms with Crippen LogP contribution < -0.4 is 4.74 Å². The number of hydrogen-bond acceptors (Lipinski definition) is 2. The summed E-state index contributed by atoms with van der Waals surface area (Å²) in [5.41, 5.74) is 1.52. The summed E-state index contributed by atoms with van der Waals surface area (Å²) in [6, 6.07) is 8.85. The van der Waals surface area contributed by atoms with Crippen LogP contribution in [0.2, 0.25) is 10.0 Å². The summed E-state index contributed by atoms with van der Waals surface area (Å²) in [4.78, 5) is 10.8. The lowest BCUT2D eigenvalue weighted by molar-refractivity contribution is 0.112. The van der Waals surface area contributed by atoms with E-state index in [9.17, 15) is 4.79 Å². The number of ether oxygens (including phenoxy) is 1. The summed E-state index contributed by atoms with van der Waals surface area (Å²) in [5.74, 6) is 0.697. The van der Waals surface area contributed by atoms with E-state index in [4.69, 9.17) is 27.9 Å². The fourth-order valence-electron chi connectivity index (χ4n) is 1.57. The number of carbonyl (C=O) groups is 1. The van der Waals surface area contributed by atoms with Crippen LogP contribution in [-0.4, -0.2) is 6.29 Å². The van der Waals surface area contributed by atoms with Crippen molar-refractivity contribution < 1.29 is 9.53 Å². The summed E-state index contributed by atoms with van der Waals surface area (Å²) in [5, 5.41) is 1.01. The number of halogens is 4. The van der Waals surface area contributed by atoms with Crippen molar-refractivity contribution in [3.8, 4) is 5.75 Å². The van der Waals surface area contributed by atoms with Crippen molar-refractivity contribution in [3.05, 3.63) is 59.5 Å². The first-order valence-corrected chi connectivity index (χ1v) is 8.15. The predicted octanol–water partition coefficient (Wildman–Crippen LogP) is 5.75. The molecular weight excluding hydrogens is 478 g/mol. The highest BCUT2D eigenvalue weighted by atomic mass is 127. The highest BCUT2D eigenvalue weighted by Gasteiger charge is 2.09. The number of hydrogen-bond donors (Lipinski definition) is 0. The summed E-state index contributed by atoms with van der Waals surface area (Å²) in [6.45, 7) is 0.367. The van der Waals surface area contributed by atoms with Crippen LogP contribution in [0, 0.1) is 3.57 Å². The molecule has 0 aromatic heterocycles. The minimum Gasteiger partial charge on any atom is -0.487 e. The molecule has 0 aliphatic heterocycles. The highest BCUT2D eigenvalue weighted by molar-refractivity contribution is 14.1. The average Bonchev–Trinajstić information content (AvgIpc) is 2.41. The molecule has 0 aliphatic carbocycles. The monoisotopic (exact) mass is 484 g/mol. The van der Waals surface area contributed by atoms with Crippen molar-refractivity contribution >= 4 is 68.0 Å². The summed E-state index contributed by atoms with van der Waals surface area (Å²) < 4.78 is 7.38. The fraction of sp³-hybridized carbons (Fsp3) is 0.0714. The van der Waals surface area contributed by atoms with Crippen molar-refractivity contribution in [2.45, 2.75) is 6.61 Å². The molecule has 0 aliphatic rings. The fourth-order valence-corrected chi connectivity index (χ4v) is 3.66. The van der Waals surface area contributed by atoms with Crippen LogP contribution in [0.5, 0.6) is 5.75 Å². The van der Waals surface area contributed by atoms with Gasteiger partial charge in [0.2, 0.25) is 0 Å². The van der Waals surface area contributed by atoms with Crippen LogP contribution in [-0.2, 0) is 6.61 Å². The van der Waals surface area contributed by atoms with E-state index in [0.717, 1.165) is 19.9 Å². The Bertz CT molecular complexity index is 639. The second-order valence-corrected chi connectivity index (χ2v) is 6.80. The maximum absolute atomic E-state index is 10.8. The third-order valence-electron chi connectivity index (χ3n) is 2.52. The van der Waals surface area contributed by atoms with Crippen molar-refractivity contribution in [1.82, 2.24) is 0 Å². The lowest BCUT2D eigenvalue weighted by Gasteiger charge is -2.11. The van der Waals surface area contributed by atoms with Crippen molar-refractivity contribution in [2.75, 3.05) is 0 Å².